The molecule has 27 heavy (non-hydrogen) atoms. The summed E-state index contributed by atoms with van der Waals surface area (Å²) in [5, 5.41) is 5.56. The molecule has 2 fully saturated rings. The summed E-state index contributed by atoms with van der Waals surface area (Å²) in [6.07, 6.45) is -4.92. The fourth-order valence-electron chi connectivity index (χ4n) is 3.24. The van der Waals surface area contributed by atoms with Crippen molar-refractivity contribution < 1.29 is 32.2 Å². The number of nitrogens with one attached hydrogen (secondary N) is 1. The number of rotatable bonds is 3. The quantitative estimate of drug-likeness (QED) is 0.769. The van der Waals surface area contributed by atoms with Gasteiger partial charge in [0.2, 0.25) is 6.29 Å². The van der Waals surface area contributed by atoms with Gasteiger partial charge in [0.15, 0.2) is 0 Å². The van der Waals surface area contributed by atoms with Crippen LogP contribution >= 0.6 is 11.3 Å². The van der Waals surface area contributed by atoms with E-state index >= 15 is 0 Å². The lowest BCUT2D eigenvalue weighted by molar-refractivity contribution is -0.266. The molecule has 1 amide bonds. The molecule has 1 aromatic rings. The smallest absolute Gasteiger partial charge is 0.427 e. The van der Waals surface area contributed by atoms with Crippen LogP contribution in [0.25, 0.3) is 0 Å². The maximum Gasteiger partial charge on any atom is 0.491 e. The fourth-order valence-corrected chi connectivity index (χ4v) is 3.96. The Hall–Kier alpha value is -1.72. The SMILES string of the molecule is CCc1nc(C(=O)N2CC(OC(=O)C(F)(F)F)OC3(CCNCC3)C2)cs1. The molecule has 1 atom stereocenters. The third-order valence-corrected chi connectivity index (χ3v) is 5.57. The summed E-state index contributed by atoms with van der Waals surface area (Å²) in [5.41, 5.74) is -0.608. The minimum atomic E-state index is -5.12. The summed E-state index contributed by atoms with van der Waals surface area (Å²) in [5.74, 6) is -2.73. The van der Waals surface area contributed by atoms with E-state index in [4.69, 9.17) is 4.74 Å². The summed E-state index contributed by atoms with van der Waals surface area (Å²) in [7, 11) is 0. The molecule has 1 unspecified atom stereocenters. The number of carbonyl (C=O) groups excluding carboxylic acids is 2. The van der Waals surface area contributed by atoms with Crippen LogP contribution in [-0.2, 0) is 20.7 Å². The molecule has 0 saturated carbocycles. The number of amides is 1. The van der Waals surface area contributed by atoms with Gasteiger partial charge in [0, 0.05) is 5.38 Å². The van der Waals surface area contributed by atoms with Gasteiger partial charge in [-0.25, -0.2) is 9.78 Å². The highest BCUT2D eigenvalue weighted by Crippen LogP contribution is 2.32. The molecule has 1 N–H and O–H groups in total. The van der Waals surface area contributed by atoms with E-state index in [-0.39, 0.29) is 18.8 Å². The Morgan fingerprint density at radius 3 is 2.74 bits per heavy atom. The molecule has 0 bridgehead atoms. The zero-order valence-electron chi connectivity index (χ0n) is 14.7. The van der Waals surface area contributed by atoms with E-state index in [1.807, 2.05) is 6.92 Å². The Morgan fingerprint density at radius 1 is 1.44 bits per heavy atom. The molecule has 11 heteroatoms. The van der Waals surface area contributed by atoms with Crippen LogP contribution < -0.4 is 5.32 Å². The van der Waals surface area contributed by atoms with Crippen molar-refractivity contribution in [2.75, 3.05) is 26.2 Å². The van der Waals surface area contributed by atoms with Crippen molar-refractivity contribution in [3.63, 3.8) is 0 Å². The Bertz CT molecular complexity index is 703. The van der Waals surface area contributed by atoms with Crippen molar-refractivity contribution in [1.82, 2.24) is 15.2 Å². The monoisotopic (exact) mass is 407 g/mol. The maximum absolute atomic E-state index is 12.8. The number of hydrogen-bond acceptors (Lipinski definition) is 7. The topological polar surface area (TPSA) is 80.8 Å². The van der Waals surface area contributed by atoms with Crippen molar-refractivity contribution in [1.29, 1.82) is 0 Å². The predicted octanol–water partition coefficient (Wildman–Crippen LogP) is 1.73. The molecule has 150 valence electrons. The molecule has 1 spiro atoms. The van der Waals surface area contributed by atoms with Crippen LogP contribution in [0.5, 0.6) is 0 Å². The molecule has 1 aromatic heterocycles. The average molecular weight is 407 g/mol. The van der Waals surface area contributed by atoms with Gasteiger partial charge in [0.05, 0.1) is 23.7 Å². The van der Waals surface area contributed by atoms with Gasteiger partial charge in [0.25, 0.3) is 5.91 Å². The minimum absolute atomic E-state index is 0.215. The van der Waals surface area contributed by atoms with Crippen LogP contribution in [-0.4, -0.2) is 66.0 Å². The molecule has 3 rings (SSSR count). The van der Waals surface area contributed by atoms with Crippen LogP contribution in [0.15, 0.2) is 5.38 Å². The number of esters is 1. The summed E-state index contributed by atoms with van der Waals surface area (Å²) in [4.78, 5) is 29.7. The first-order valence-corrected chi connectivity index (χ1v) is 9.50. The van der Waals surface area contributed by atoms with Gasteiger partial charge in [-0.3, -0.25) is 4.79 Å². The summed E-state index contributed by atoms with van der Waals surface area (Å²) in [6, 6.07) is 0. The van der Waals surface area contributed by atoms with Crippen molar-refractivity contribution >= 4 is 23.2 Å². The number of alkyl halides is 3. The van der Waals surface area contributed by atoms with E-state index in [1.54, 1.807) is 5.38 Å². The molecule has 7 nitrogen and oxygen atoms in total. The van der Waals surface area contributed by atoms with E-state index < -0.39 is 29.9 Å². The lowest BCUT2D eigenvalue weighted by Crippen LogP contribution is -2.61. The second kappa shape index (κ2) is 7.72. The number of nitrogens with zero attached hydrogens (tertiary/aromatic N) is 2. The van der Waals surface area contributed by atoms with Gasteiger partial charge in [0.1, 0.15) is 5.69 Å². The number of thiazole rings is 1. The highest BCUT2D eigenvalue weighted by molar-refractivity contribution is 7.09. The summed E-state index contributed by atoms with van der Waals surface area (Å²) >= 11 is 1.35. The maximum atomic E-state index is 12.8. The number of carbonyl (C=O) groups is 2. The molecule has 3 heterocycles. The fraction of sp³-hybridized carbons (Fsp3) is 0.688. The molecule has 0 radical (unpaired) electrons. The van der Waals surface area contributed by atoms with E-state index in [0.29, 0.717) is 32.4 Å². The average Bonchev–Trinajstić information content (AvgIpc) is 3.09. The number of aryl methyl sites for hydroxylation is 1. The second-order valence-electron chi connectivity index (χ2n) is 6.55. The van der Waals surface area contributed by atoms with Crippen LogP contribution in [0.1, 0.15) is 35.3 Å². The van der Waals surface area contributed by atoms with Gasteiger partial charge in [-0.2, -0.15) is 13.2 Å². The molecule has 0 aromatic carbocycles. The second-order valence-corrected chi connectivity index (χ2v) is 7.49. The Labute approximate surface area is 157 Å². The Kier molecular flexibility index (Phi) is 5.73. The third kappa shape index (κ3) is 4.58. The lowest BCUT2D eigenvalue weighted by Gasteiger charge is -2.47. The highest BCUT2D eigenvalue weighted by atomic mass is 32.1. The molecular weight excluding hydrogens is 387 g/mol. The van der Waals surface area contributed by atoms with Gasteiger partial charge in [-0.05, 0) is 32.4 Å². The zero-order valence-corrected chi connectivity index (χ0v) is 15.5. The number of hydrogen-bond donors (Lipinski definition) is 1. The molecule has 2 aliphatic rings. The number of halogens is 3. The van der Waals surface area contributed by atoms with Crippen LogP contribution in [0.3, 0.4) is 0 Å². The first kappa shape index (κ1) is 20.0. The molecule has 0 aliphatic carbocycles. The predicted molar refractivity (Wildman–Crippen MR) is 89.3 cm³/mol. The van der Waals surface area contributed by atoms with Crippen molar-refractivity contribution in [3.8, 4) is 0 Å². The highest BCUT2D eigenvalue weighted by Gasteiger charge is 2.48. The number of aromatic nitrogens is 1. The summed E-state index contributed by atoms with van der Waals surface area (Å²) < 4.78 is 47.9. The minimum Gasteiger partial charge on any atom is -0.427 e. The van der Waals surface area contributed by atoms with Crippen LogP contribution in [0, 0.1) is 0 Å². The Balaban J connectivity index is 1.79. The molecule has 2 saturated heterocycles. The largest absolute Gasteiger partial charge is 0.491 e. The zero-order chi connectivity index (χ0) is 19.7. The number of ether oxygens (including phenoxy) is 2. The summed E-state index contributed by atoms with van der Waals surface area (Å²) in [6.45, 7) is 3.05. The first-order valence-electron chi connectivity index (χ1n) is 8.62. The first-order chi connectivity index (χ1) is 12.7. The number of morpholine rings is 1. The van der Waals surface area contributed by atoms with Gasteiger partial charge in [-0.1, -0.05) is 6.92 Å². The standard InChI is InChI=1S/C16H20F3N3O4S/c1-2-11-21-10(8-27-11)13(23)22-7-12(25-14(24)16(17,18)19)26-15(9-22)3-5-20-6-4-15/h8,12,20H,2-7,9H2,1H3. The Morgan fingerprint density at radius 2 is 2.15 bits per heavy atom. The van der Waals surface area contributed by atoms with Crippen LogP contribution in [0.2, 0.25) is 0 Å². The van der Waals surface area contributed by atoms with Gasteiger partial charge < -0.3 is 19.7 Å². The number of piperidine rings is 1. The molecule has 2 aliphatic heterocycles. The van der Waals surface area contributed by atoms with Gasteiger partial charge >= 0.3 is 12.1 Å². The van der Waals surface area contributed by atoms with E-state index in [2.05, 4.69) is 15.0 Å². The van der Waals surface area contributed by atoms with E-state index in [1.165, 1.54) is 16.2 Å². The molecular formula is C16H20F3N3O4S. The van der Waals surface area contributed by atoms with Crippen LogP contribution in [0.4, 0.5) is 13.2 Å². The van der Waals surface area contributed by atoms with E-state index in [9.17, 15) is 22.8 Å². The lowest BCUT2D eigenvalue weighted by atomic mass is 9.90. The van der Waals surface area contributed by atoms with Crippen molar-refractivity contribution in [2.45, 2.75) is 44.3 Å². The normalized spacial score (nSPS) is 22.7. The van der Waals surface area contributed by atoms with E-state index in [0.717, 1.165) is 5.01 Å². The van der Waals surface area contributed by atoms with Crippen molar-refractivity contribution in [3.05, 3.63) is 16.1 Å². The third-order valence-electron chi connectivity index (χ3n) is 4.58. The van der Waals surface area contributed by atoms with Crippen molar-refractivity contribution in [2.24, 2.45) is 0 Å². The van der Waals surface area contributed by atoms with Gasteiger partial charge in [-0.15, -0.1) is 11.3 Å².